The van der Waals surface area contributed by atoms with Crippen LogP contribution in [-0.4, -0.2) is 56.9 Å². The van der Waals surface area contributed by atoms with Crippen molar-refractivity contribution < 1.29 is 32.4 Å². The monoisotopic (exact) mass is 501 g/mol. The Balaban J connectivity index is 1.43. The van der Waals surface area contributed by atoms with Crippen LogP contribution < -0.4 is 0 Å². The standard InChI is InChI=1S/C21H29ClN3O7P/c1-12(2)30-19(26)13(3)7-9-28-33(27)29-10-16-17(32-33)21(5,22)20(31-16)25-8-6-15-14(4)23-11-24-18(15)25/h6,8,11-13,16-17,20H,7,9-10H2,1-5H3/t13-,16+,17+,20+,21+,33-/m0/s1. The third kappa shape index (κ3) is 4.83. The topological polar surface area (TPSA) is 111 Å². The van der Waals surface area contributed by atoms with E-state index in [1.807, 2.05) is 23.8 Å². The SMILES string of the molecule is Cc1ncnc2c1ccn2[C@@H]1O[C@@H]2CO[P@](=O)(OCC[C@H](C)C(=O)OC(C)C)O[C@H]2[C@@]1(C)Cl. The predicted octanol–water partition coefficient (Wildman–Crippen LogP) is 4.15. The number of carbonyl (C=O) groups is 1. The van der Waals surface area contributed by atoms with Gasteiger partial charge in [0.15, 0.2) is 6.23 Å². The lowest BCUT2D eigenvalue weighted by Crippen LogP contribution is -2.44. The van der Waals surface area contributed by atoms with Crippen molar-refractivity contribution in [3.05, 3.63) is 24.3 Å². The van der Waals surface area contributed by atoms with Crippen LogP contribution in [-0.2, 0) is 32.4 Å². The van der Waals surface area contributed by atoms with E-state index in [1.54, 1.807) is 27.7 Å². The molecule has 10 nitrogen and oxygen atoms in total. The van der Waals surface area contributed by atoms with Gasteiger partial charge in [-0.15, -0.1) is 11.6 Å². The van der Waals surface area contributed by atoms with Crippen molar-refractivity contribution in [2.24, 2.45) is 5.92 Å². The first-order chi connectivity index (χ1) is 15.5. The number of carbonyl (C=O) groups excluding carboxylic acids is 1. The first-order valence-corrected chi connectivity index (χ1v) is 12.8. The number of phosphoric ester groups is 1. The molecule has 2 fully saturated rings. The van der Waals surface area contributed by atoms with Gasteiger partial charge < -0.3 is 14.0 Å². The maximum Gasteiger partial charge on any atom is 0.475 e. The fourth-order valence-electron chi connectivity index (χ4n) is 4.01. The molecule has 4 heterocycles. The molecule has 0 bridgehead atoms. The molecule has 0 N–H and O–H groups in total. The molecule has 2 saturated heterocycles. The normalized spacial score (nSPS) is 32.8. The number of hydrogen-bond donors (Lipinski definition) is 0. The number of hydrogen-bond acceptors (Lipinski definition) is 9. The number of rotatable bonds is 7. The van der Waals surface area contributed by atoms with E-state index in [0.717, 1.165) is 11.1 Å². The molecule has 0 radical (unpaired) electrons. The summed E-state index contributed by atoms with van der Waals surface area (Å²) < 4.78 is 43.0. The summed E-state index contributed by atoms with van der Waals surface area (Å²) in [5.74, 6) is -0.753. The van der Waals surface area contributed by atoms with Crippen LogP contribution in [0.25, 0.3) is 11.0 Å². The lowest BCUT2D eigenvalue weighted by Gasteiger charge is -2.34. The molecule has 0 unspecified atom stereocenters. The highest BCUT2D eigenvalue weighted by atomic mass is 35.5. The first kappa shape index (κ1) is 24.6. The fraction of sp³-hybridized carbons (Fsp3) is 0.667. The number of alkyl halides is 1. The number of ether oxygens (including phenoxy) is 2. The summed E-state index contributed by atoms with van der Waals surface area (Å²) in [5, 5.41) is 0.889. The van der Waals surface area contributed by atoms with Crippen LogP contribution in [0.15, 0.2) is 18.6 Å². The van der Waals surface area contributed by atoms with E-state index in [1.165, 1.54) is 6.33 Å². The number of fused-ring (bicyclic) bond motifs is 2. The number of halogens is 1. The maximum atomic E-state index is 13.1. The largest absolute Gasteiger partial charge is 0.475 e. The minimum absolute atomic E-state index is 0.00108. The number of phosphoric acid groups is 1. The molecule has 0 spiro atoms. The van der Waals surface area contributed by atoms with Gasteiger partial charge in [0, 0.05) is 11.6 Å². The highest BCUT2D eigenvalue weighted by Crippen LogP contribution is 2.60. The van der Waals surface area contributed by atoms with Crippen LogP contribution in [0.5, 0.6) is 0 Å². The van der Waals surface area contributed by atoms with Crippen molar-refractivity contribution in [1.82, 2.24) is 14.5 Å². The maximum absolute atomic E-state index is 13.1. The molecule has 4 rings (SSSR count). The van der Waals surface area contributed by atoms with Crippen molar-refractivity contribution in [3.63, 3.8) is 0 Å². The zero-order chi connectivity index (χ0) is 24.0. The third-order valence-electron chi connectivity index (χ3n) is 5.84. The Morgan fingerprint density at radius 1 is 1.39 bits per heavy atom. The average Bonchev–Trinajstić information content (AvgIpc) is 3.27. The van der Waals surface area contributed by atoms with Crippen LogP contribution in [0, 0.1) is 12.8 Å². The van der Waals surface area contributed by atoms with E-state index in [9.17, 15) is 9.36 Å². The van der Waals surface area contributed by atoms with Crippen LogP contribution in [0.4, 0.5) is 0 Å². The Hall–Kier alpha value is -1.55. The van der Waals surface area contributed by atoms with Crippen LogP contribution in [0.2, 0.25) is 0 Å². The van der Waals surface area contributed by atoms with E-state index in [4.69, 9.17) is 34.6 Å². The van der Waals surface area contributed by atoms with Crippen LogP contribution in [0.1, 0.15) is 46.0 Å². The third-order valence-corrected chi connectivity index (χ3v) is 7.69. The van der Waals surface area contributed by atoms with Gasteiger partial charge in [-0.05, 0) is 40.2 Å². The van der Waals surface area contributed by atoms with Crippen molar-refractivity contribution in [3.8, 4) is 0 Å². The summed E-state index contributed by atoms with van der Waals surface area (Å²) in [7, 11) is -3.89. The summed E-state index contributed by atoms with van der Waals surface area (Å²) in [6.07, 6.45) is 1.51. The molecule has 2 aliphatic rings. The quantitative estimate of drug-likeness (QED) is 0.313. The van der Waals surface area contributed by atoms with Crippen LogP contribution >= 0.6 is 19.4 Å². The van der Waals surface area contributed by atoms with Gasteiger partial charge in [0.25, 0.3) is 0 Å². The highest BCUT2D eigenvalue weighted by Gasteiger charge is 2.60. The van der Waals surface area contributed by atoms with Gasteiger partial charge in [0.2, 0.25) is 0 Å². The lowest BCUT2D eigenvalue weighted by atomic mass is 10.0. The van der Waals surface area contributed by atoms with E-state index >= 15 is 0 Å². The Kier molecular flexibility index (Phi) is 6.88. The number of aryl methyl sites for hydroxylation is 1. The molecule has 12 heteroatoms. The summed E-state index contributed by atoms with van der Waals surface area (Å²) in [4.78, 5) is 19.5. The Bertz CT molecular complexity index is 1080. The second kappa shape index (κ2) is 9.24. The van der Waals surface area contributed by atoms with Gasteiger partial charge in [-0.25, -0.2) is 14.5 Å². The summed E-state index contributed by atoms with van der Waals surface area (Å²) in [5.41, 5.74) is 1.52. The van der Waals surface area contributed by atoms with E-state index < -0.39 is 37.1 Å². The molecular weight excluding hydrogens is 473 g/mol. The zero-order valence-electron chi connectivity index (χ0n) is 19.3. The molecule has 182 valence electrons. The Labute approximate surface area is 197 Å². The first-order valence-electron chi connectivity index (χ1n) is 10.9. The molecule has 0 aromatic carbocycles. The van der Waals surface area contributed by atoms with Gasteiger partial charge >= 0.3 is 13.8 Å². The van der Waals surface area contributed by atoms with Gasteiger partial charge in [-0.1, -0.05) is 6.92 Å². The van der Waals surface area contributed by atoms with Crippen molar-refractivity contribution in [1.29, 1.82) is 0 Å². The molecule has 2 aromatic rings. The number of esters is 1. The predicted molar refractivity (Wildman–Crippen MR) is 120 cm³/mol. The van der Waals surface area contributed by atoms with Gasteiger partial charge in [0.1, 0.15) is 29.1 Å². The van der Waals surface area contributed by atoms with E-state index in [-0.39, 0.29) is 25.3 Å². The second-order valence-corrected chi connectivity index (χ2v) is 11.3. The van der Waals surface area contributed by atoms with Crippen molar-refractivity contribution >= 4 is 36.4 Å². The average molecular weight is 502 g/mol. The fourth-order valence-corrected chi connectivity index (χ4v) is 5.90. The molecule has 6 atom stereocenters. The van der Waals surface area contributed by atoms with E-state index in [0.29, 0.717) is 12.1 Å². The molecule has 0 saturated carbocycles. The Morgan fingerprint density at radius 2 is 2.15 bits per heavy atom. The molecule has 0 amide bonds. The van der Waals surface area contributed by atoms with Gasteiger partial charge in [-0.3, -0.25) is 18.4 Å². The minimum Gasteiger partial charge on any atom is -0.463 e. The molecule has 33 heavy (non-hydrogen) atoms. The zero-order valence-corrected chi connectivity index (χ0v) is 20.9. The smallest absolute Gasteiger partial charge is 0.463 e. The summed E-state index contributed by atoms with van der Waals surface area (Å²) >= 11 is 6.93. The minimum atomic E-state index is -3.89. The molecule has 0 aliphatic carbocycles. The van der Waals surface area contributed by atoms with Gasteiger partial charge in [0.05, 0.1) is 30.9 Å². The van der Waals surface area contributed by atoms with Crippen LogP contribution in [0.3, 0.4) is 0 Å². The second-order valence-electron chi connectivity index (χ2n) is 8.88. The van der Waals surface area contributed by atoms with Crippen molar-refractivity contribution in [2.75, 3.05) is 13.2 Å². The molecular formula is C21H29ClN3O7P. The highest BCUT2D eigenvalue weighted by molar-refractivity contribution is 7.48. The number of aromatic nitrogens is 3. The summed E-state index contributed by atoms with van der Waals surface area (Å²) in [6.45, 7) is 8.96. The van der Waals surface area contributed by atoms with Crippen molar-refractivity contribution in [2.45, 2.75) is 70.5 Å². The molecule has 2 aliphatic heterocycles. The summed E-state index contributed by atoms with van der Waals surface area (Å²) in [6, 6.07) is 1.90. The van der Waals surface area contributed by atoms with Gasteiger partial charge in [-0.2, -0.15) is 0 Å². The Morgan fingerprint density at radius 3 is 2.88 bits per heavy atom. The number of nitrogens with zero attached hydrogens (tertiary/aromatic N) is 3. The lowest BCUT2D eigenvalue weighted by molar-refractivity contribution is -0.152. The molecule has 2 aromatic heterocycles. The van der Waals surface area contributed by atoms with E-state index in [2.05, 4.69) is 9.97 Å².